The summed E-state index contributed by atoms with van der Waals surface area (Å²) in [5.74, 6) is 0.606. The Morgan fingerprint density at radius 3 is 2.62 bits per heavy atom. The van der Waals surface area contributed by atoms with Crippen LogP contribution in [0.15, 0.2) is 40.9 Å². The number of alkyl halides is 1. The van der Waals surface area contributed by atoms with Gasteiger partial charge in [-0.1, -0.05) is 46.6 Å². The van der Waals surface area contributed by atoms with E-state index in [9.17, 15) is 4.39 Å². The topological polar surface area (TPSA) is 9.23 Å². The molecule has 0 radical (unpaired) electrons. The third kappa shape index (κ3) is 4.07. The second kappa shape index (κ2) is 7.41. The zero-order valence-electron chi connectivity index (χ0n) is 12.0. The second-order valence-corrected chi connectivity index (χ2v) is 6.70. The molecule has 0 saturated carbocycles. The van der Waals surface area contributed by atoms with Crippen molar-refractivity contribution in [2.24, 2.45) is 0 Å². The molecular formula is C17H17Br2FO. The monoisotopic (exact) mass is 414 g/mol. The predicted octanol–water partition coefficient (Wildman–Crippen LogP) is 6.17. The van der Waals surface area contributed by atoms with Gasteiger partial charge in [0, 0.05) is 5.56 Å². The number of rotatable bonds is 5. The fraction of sp³-hybridized carbons (Fsp3) is 0.294. The molecule has 0 fully saturated rings. The van der Waals surface area contributed by atoms with Gasteiger partial charge in [0.15, 0.2) is 0 Å². The Labute approximate surface area is 141 Å². The number of benzene rings is 2. The summed E-state index contributed by atoms with van der Waals surface area (Å²) in [6.45, 7) is 4.71. The van der Waals surface area contributed by atoms with E-state index in [1.54, 1.807) is 6.07 Å². The van der Waals surface area contributed by atoms with Gasteiger partial charge in [0.1, 0.15) is 11.6 Å². The van der Waals surface area contributed by atoms with E-state index in [1.807, 2.05) is 31.2 Å². The molecule has 4 heteroatoms. The van der Waals surface area contributed by atoms with Gasteiger partial charge in [-0.15, -0.1) is 0 Å². The van der Waals surface area contributed by atoms with Gasteiger partial charge in [-0.3, -0.25) is 0 Å². The van der Waals surface area contributed by atoms with Crippen LogP contribution in [0, 0.1) is 12.7 Å². The lowest BCUT2D eigenvalue weighted by Gasteiger charge is -2.15. The van der Waals surface area contributed by atoms with E-state index in [0.717, 1.165) is 27.8 Å². The lowest BCUT2D eigenvalue weighted by molar-refractivity contribution is 0.315. The Bertz CT molecular complexity index is 628. The molecule has 0 amide bonds. The normalized spacial score (nSPS) is 12.2. The molecule has 0 aromatic heterocycles. The third-order valence-corrected chi connectivity index (χ3v) is 4.78. The summed E-state index contributed by atoms with van der Waals surface area (Å²) in [4.78, 5) is -0.186. The zero-order chi connectivity index (χ0) is 15.4. The largest absolute Gasteiger partial charge is 0.492 e. The van der Waals surface area contributed by atoms with Crippen molar-refractivity contribution in [2.75, 3.05) is 6.61 Å². The minimum atomic E-state index is -0.204. The molecule has 2 rings (SSSR count). The first-order chi connectivity index (χ1) is 10.0. The van der Waals surface area contributed by atoms with Crippen molar-refractivity contribution in [1.29, 1.82) is 0 Å². The van der Waals surface area contributed by atoms with E-state index >= 15 is 0 Å². The van der Waals surface area contributed by atoms with E-state index in [-0.39, 0.29) is 10.6 Å². The average molecular weight is 416 g/mol. The Morgan fingerprint density at radius 2 is 1.95 bits per heavy atom. The minimum Gasteiger partial charge on any atom is -0.492 e. The summed E-state index contributed by atoms with van der Waals surface area (Å²) in [6, 6.07) is 11.0. The number of aryl methyl sites for hydroxylation is 1. The van der Waals surface area contributed by atoms with Crippen LogP contribution in [-0.2, 0) is 0 Å². The summed E-state index contributed by atoms with van der Waals surface area (Å²) in [5, 5.41) is 0. The van der Waals surface area contributed by atoms with Crippen LogP contribution in [0.1, 0.15) is 34.9 Å². The number of hydrogen-bond donors (Lipinski definition) is 0. The van der Waals surface area contributed by atoms with Gasteiger partial charge in [-0.25, -0.2) is 4.39 Å². The van der Waals surface area contributed by atoms with Crippen LogP contribution in [-0.4, -0.2) is 6.61 Å². The van der Waals surface area contributed by atoms with Gasteiger partial charge in [-0.2, -0.15) is 0 Å². The van der Waals surface area contributed by atoms with Crippen LogP contribution in [0.4, 0.5) is 4.39 Å². The lowest BCUT2D eigenvalue weighted by Crippen LogP contribution is -1.99. The van der Waals surface area contributed by atoms with Crippen LogP contribution in [0.5, 0.6) is 5.75 Å². The van der Waals surface area contributed by atoms with E-state index in [1.165, 1.54) is 6.07 Å². The van der Waals surface area contributed by atoms with Gasteiger partial charge >= 0.3 is 0 Å². The van der Waals surface area contributed by atoms with Gasteiger partial charge in [0.05, 0.1) is 15.9 Å². The van der Waals surface area contributed by atoms with Gasteiger partial charge in [0.25, 0.3) is 0 Å². The Hall–Kier alpha value is -0.870. The molecule has 0 bridgehead atoms. The van der Waals surface area contributed by atoms with Crippen molar-refractivity contribution >= 4 is 31.9 Å². The molecule has 0 spiro atoms. The second-order valence-electron chi connectivity index (χ2n) is 4.93. The molecule has 2 aromatic rings. The van der Waals surface area contributed by atoms with Crippen molar-refractivity contribution in [2.45, 2.75) is 25.1 Å². The number of hydrogen-bond acceptors (Lipinski definition) is 1. The van der Waals surface area contributed by atoms with Crippen LogP contribution >= 0.6 is 31.9 Å². The first-order valence-electron chi connectivity index (χ1n) is 6.85. The molecule has 0 heterocycles. The smallest absolute Gasteiger partial charge is 0.133 e. The van der Waals surface area contributed by atoms with Crippen molar-refractivity contribution in [3.63, 3.8) is 0 Å². The van der Waals surface area contributed by atoms with Gasteiger partial charge < -0.3 is 4.74 Å². The summed E-state index contributed by atoms with van der Waals surface area (Å²) in [7, 11) is 0. The first-order valence-corrected chi connectivity index (χ1v) is 8.56. The van der Waals surface area contributed by atoms with E-state index < -0.39 is 0 Å². The van der Waals surface area contributed by atoms with Crippen LogP contribution in [0.25, 0.3) is 0 Å². The van der Waals surface area contributed by atoms with E-state index in [4.69, 9.17) is 4.74 Å². The molecule has 2 aromatic carbocycles. The molecular weight excluding hydrogens is 399 g/mol. The van der Waals surface area contributed by atoms with Crippen molar-refractivity contribution < 1.29 is 9.13 Å². The fourth-order valence-corrected chi connectivity index (χ4v) is 3.19. The number of ether oxygens (including phenoxy) is 1. The standard InChI is InChI=1S/C17H17Br2FO/c1-3-8-21-16-7-5-12(10-14(16)18)17(19)13-9-11(2)4-6-15(13)20/h4-7,9-10,17H,3,8H2,1-2H3. The predicted molar refractivity (Wildman–Crippen MR) is 91.8 cm³/mol. The molecule has 112 valence electrons. The zero-order valence-corrected chi connectivity index (χ0v) is 15.2. The van der Waals surface area contributed by atoms with Crippen molar-refractivity contribution in [3.8, 4) is 5.75 Å². The Balaban J connectivity index is 2.29. The highest BCUT2D eigenvalue weighted by Crippen LogP contribution is 2.36. The van der Waals surface area contributed by atoms with Crippen molar-refractivity contribution in [1.82, 2.24) is 0 Å². The summed E-state index contributed by atoms with van der Waals surface area (Å²) < 4.78 is 20.5. The molecule has 0 N–H and O–H groups in total. The number of halogens is 3. The lowest BCUT2D eigenvalue weighted by atomic mass is 10.0. The third-order valence-electron chi connectivity index (χ3n) is 3.13. The van der Waals surface area contributed by atoms with Crippen LogP contribution in [0.2, 0.25) is 0 Å². The molecule has 1 nitrogen and oxygen atoms in total. The summed E-state index contributed by atoms with van der Waals surface area (Å²) >= 11 is 7.10. The maximum atomic E-state index is 14.0. The van der Waals surface area contributed by atoms with Crippen molar-refractivity contribution in [3.05, 3.63) is 63.4 Å². The van der Waals surface area contributed by atoms with Crippen LogP contribution < -0.4 is 4.74 Å². The summed E-state index contributed by atoms with van der Waals surface area (Å²) in [6.07, 6.45) is 0.962. The van der Waals surface area contributed by atoms with Crippen LogP contribution in [0.3, 0.4) is 0 Å². The average Bonchev–Trinajstić information content (AvgIpc) is 2.47. The highest BCUT2D eigenvalue weighted by atomic mass is 79.9. The molecule has 21 heavy (non-hydrogen) atoms. The molecule has 0 aliphatic heterocycles. The molecule has 1 atom stereocenters. The first kappa shape index (κ1) is 16.5. The Kier molecular flexibility index (Phi) is 5.82. The van der Waals surface area contributed by atoms with Gasteiger partial charge in [0.2, 0.25) is 0 Å². The molecule has 0 aliphatic rings. The summed E-state index contributed by atoms with van der Waals surface area (Å²) in [5.41, 5.74) is 2.66. The fourth-order valence-electron chi connectivity index (χ4n) is 2.04. The molecule has 0 saturated heterocycles. The van der Waals surface area contributed by atoms with Gasteiger partial charge in [-0.05, 0) is 53.0 Å². The highest BCUT2D eigenvalue weighted by molar-refractivity contribution is 9.10. The molecule has 1 unspecified atom stereocenters. The SMILES string of the molecule is CCCOc1ccc(C(Br)c2cc(C)ccc2F)cc1Br. The maximum Gasteiger partial charge on any atom is 0.133 e. The molecule has 0 aliphatic carbocycles. The maximum absolute atomic E-state index is 14.0. The quantitative estimate of drug-likeness (QED) is 0.530. The Morgan fingerprint density at radius 1 is 1.19 bits per heavy atom. The highest BCUT2D eigenvalue weighted by Gasteiger charge is 2.16. The van der Waals surface area contributed by atoms with E-state index in [2.05, 4.69) is 38.8 Å². The minimum absolute atomic E-state index is 0.186. The van der Waals surface area contributed by atoms with E-state index in [0.29, 0.717) is 12.2 Å².